The van der Waals surface area contributed by atoms with Crippen molar-refractivity contribution >= 4 is 59.5 Å². The van der Waals surface area contributed by atoms with Crippen molar-refractivity contribution in [3.8, 4) is 11.4 Å². The van der Waals surface area contributed by atoms with Gasteiger partial charge in [0, 0.05) is 37.4 Å². The number of halogens is 1. The third-order valence-electron chi connectivity index (χ3n) is 6.58. The fourth-order valence-corrected chi connectivity index (χ4v) is 5.54. The Bertz CT molecular complexity index is 1770. The predicted octanol–water partition coefficient (Wildman–Crippen LogP) is 8.64. The minimum absolute atomic E-state index is 1.10. The van der Waals surface area contributed by atoms with Crippen LogP contribution in [0.3, 0.4) is 0 Å². The topological polar surface area (TPSA) is 9.86 Å². The maximum absolute atomic E-state index is 3.64. The second-order valence-electron chi connectivity index (χ2n) is 8.40. The van der Waals surface area contributed by atoms with Crippen LogP contribution in [0.1, 0.15) is 0 Å². The van der Waals surface area contributed by atoms with E-state index in [4.69, 9.17) is 0 Å². The number of nitrogens with zero attached hydrogens (tertiary/aromatic N) is 2. The number of aromatic nitrogens is 2. The molecule has 0 radical (unpaired) electrons. The van der Waals surface area contributed by atoms with Crippen LogP contribution in [0.25, 0.3) is 55.0 Å². The van der Waals surface area contributed by atoms with Crippen LogP contribution in [0.2, 0.25) is 0 Å². The Morgan fingerprint density at radius 1 is 0.394 bits per heavy atom. The molecule has 0 atom stereocenters. The SMILES string of the molecule is Brc1ccc2c(c1)c1ccccc1n2-c1ccc(-n2c3ccccc3c3ccccc32)cc1. The van der Waals surface area contributed by atoms with E-state index in [-0.39, 0.29) is 0 Å². The van der Waals surface area contributed by atoms with Gasteiger partial charge in [-0.1, -0.05) is 70.5 Å². The average Bonchev–Trinajstić information content (AvgIpc) is 3.37. The largest absolute Gasteiger partial charge is 0.309 e. The average molecular weight is 487 g/mol. The lowest BCUT2D eigenvalue weighted by Gasteiger charge is -2.11. The second kappa shape index (κ2) is 7.09. The molecule has 33 heavy (non-hydrogen) atoms. The standard InChI is InChI=1S/C30H19BrN2/c31-20-13-18-30-26(19-20)25-9-3-6-12-29(25)33(30)22-16-14-21(15-17-22)32-27-10-4-1-7-23(27)24-8-2-5-11-28(24)32/h1-19H. The summed E-state index contributed by atoms with van der Waals surface area (Å²) < 4.78 is 5.81. The van der Waals surface area contributed by atoms with E-state index >= 15 is 0 Å². The Morgan fingerprint density at radius 3 is 1.27 bits per heavy atom. The molecule has 0 aliphatic rings. The third kappa shape index (κ3) is 2.73. The number of hydrogen-bond donors (Lipinski definition) is 0. The molecular weight excluding hydrogens is 468 g/mol. The molecule has 0 aliphatic heterocycles. The van der Waals surface area contributed by atoms with Gasteiger partial charge in [-0.15, -0.1) is 0 Å². The molecule has 0 N–H and O–H groups in total. The van der Waals surface area contributed by atoms with Gasteiger partial charge in [-0.3, -0.25) is 0 Å². The van der Waals surface area contributed by atoms with Crippen LogP contribution in [0.4, 0.5) is 0 Å². The molecular formula is C30H19BrN2. The van der Waals surface area contributed by atoms with Crippen molar-refractivity contribution in [1.29, 1.82) is 0 Å². The highest BCUT2D eigenvalue weighted by molar-refractivity contribution is 9.10. The first-order chi connectivity index (χ1) is 16.3. The van der Waals surface area contributed by atoms with Crippen molar-refractivity contribution < 1.29 is 0 Å². The van der Waals surface area contributed by atoms with Gasteiger partial charge in [0.15, 0.2) is 0 Å². The Hall–Kier alpha value is -3.82. The van der Waals surface area contributed by atoms with Gasteiger partial charge in [0.2, 0.25) is 0 Å². The normalized spacial score (nSPS) is 11.8. The lowest BCUT2D eigenvalue weighted by Crippen LogP contribution is -1.97. The van der Waals surface area contributed by atoms with Crippen LogP contribution in [0.5, 0.6) is 0 Å². The lowest BCUT2D eigenvalue weighted by atomic mass is 10.2. The summed E-state index contributed by atoms with van der Waals surface area (Å²) in [5.74, 6) is 0. The fourth-order valence-electron chi connectivity index (χ4n) is 5.17. The molecule has 156 valence electrons. The van der Waals surface area contributed by atoms with Crippen molar-refractivity contribution in [2.24, 2.45) is 0 Å². The quantitative estimate of drug-likeness (QED) is 0.231. The first kappa shape index (κ1) is 18.7. The van der Waals surface area contributed by atoms with Gasteiger partial charge in [-0.05, 0) is 60.7 Å². The first-order valence-corrected chi connectivity index (χ1v) is 11.9. The first-order valence-electron chi connectivity index (χ1n) is 11.1. The molecule has 7 rings (SSSR count). The Labute approximate surface area is 199 Å². The molecule has 0 unspecified atom stereocenters. The highest BCUT2D eigenvalue weighted by Crippen LogP contribution is 2.35. The molecule has 0 saturated carbocycles. The summed E-state index contributed by atoms with van der Waals surface area (Å²) in [6.45, 7) is 0. The predicted molar refractivity (Wildman–Crippen MR) is 143 cm³/mol. The molecule has 2 nitrogen and oxygen atoms in total. The monoisotopic (exact) mass is 486 g/mol. The zero-order valence-electron chi connectivity index (χ0n) is 17.7. The van der Waals surface area contributed by atoms with E-state index in [2.05, 4.69) is 140 Å². The zero-order valence-corrected chi connectivity index (χ0v) is 19.3. The molecule has 0 amide bonds. The molecule has 0 aliphatic carbocycles. The summed E-state index contributed by atoms with van der Waals surface area (Å²) in [5, 5.41) is 5.09. The maximum Gasteiger partial charge on any atom is 0.0541 e. The van der Waals surface area contributed by atoms with Gasteiger partial charge >= 0.3 is 0 Å². The molecule has 7 aromatic rings. The lowest BCUT2D eigenvalue weighted by molar-refractivity contribution is 1.14. The van der Waals surface area contributed by atoms with Gasteiger partial charge in [0.05, 0.1) is 22.1 Å². The van der Waals surface area contributed by atoms with Crippen LogP contribution in [-0.4, -0.2) is 9.13 Å². The molecule has 0 saturated heterocycles. The zero-order chi connectivity index (χ0) is 21.9. The highest BCUT2D eigenvalue weighted by Gasteiger charge is 2.14. The summed E-state index contributed by atoms with van der Waals surface area (Å²) in [4.78, 5) is 0. The van der Waals surface area contributed by atoms with Gasteiger partial charge in [0.1, 0.15) is 0 Å². The number of rotatable bonds is 2. The second-order valence-corrected chi connectivity index (χ2v) is 9.32. The van der Waals surface area contributed by atoms with Crippen LogP contribution in [0.15, 0.2) is 120 Å². The van der Waals surface area contributed by atoms with Crippen LogP contribution in [0, 0.1) is 0 Å². The van der Waals surface area contributed by atoms with E-state index in [0.29, 0.717) is 0 Å². The minimum Gasteiger partial charge on any atom is -0.309 e. The van der Waals surface area contributed by atoms with Gasteiger partial charge in [-0.2, -0.15) is 0 Å². The van der Waals surface area contributed by atoms with Crippen molar-refractivity contribution in [1.82, 2.24) is 9.13 Å². The Balaban J connectivity index is 1.46. The number of para-hydroxylation sites is 3. The number of fused-ring (bicyclic) bond motifs is 6. The van der Waals surface area contributed by atoms with Crippen molar-refractivity contribution in [2.45, 2.75) is 0 Å². The van der Waals surface area contributed by atoms with E-state index in [0.717, 1.165) is 10.2 Å². The smallest absolute Gasteiger partial charge is 0.0541 e. The summed E-state index contributed by atoms with van der Waals surface area (Å²) >= 11 is 3.64. The molecule has 5 aromatic carbocycles. The van der Waals surface area contributed by atoms with Gasteiger partial charge < -0.3 is 9.13 Å². The van der Waals surface area contributed by atoms with E-state index in [1.54, 1.807) is 0 Å². The molecule has 2 heterocycles. The molecule has 2 aromatic heterocycles. The van der Waals surface area contributed by atoms with Crippen molar-refractivity contribution in [3.05, 3.63) is 120 Å². The van der Waals surface area contributed by atoms with Crippen molar-refractivity contribution in [2.75, 3.05) is 0 Å². The maximum atomic E-state index is 3.64. The summed E-state index contributed by atoms with van der Waals surface area (Å²) in [7, 11) is 0. The van der Waals surface area contributed by atoms with E-state index in [9.17, 15) is 0 Å². The van der Waals surface area contributed by atoms with E-state index in [1.165, 1.54) is 49.3 Å². The molecule has 0 bridgehead atoms. The fraction of sp³-hybridized carbons (Fsp3) is 0. The molecule has 0 fully saturated rings. The summed E-state index contributed by atoms with van der Waals surface area (Å²) in [5.41, 5.74) is 7.22. The van der Waals surface area contributed by atoms with Gasteiger partial charge in [0.25, 0.3) is 0 Å². The third-order valence-corrected chi connectivity index (χ3v) is 7.07. The number of benzene rings is 5. The Kier molecular flexibility index (Phi) is 4.02. The van der Waals surface area contributed by atoms with Crippen molar-refractivity contribution in [3.63, 3.8) is 0 Å². The molecule has 0 spiro atoms. The molecule has 3 heteroatoms. The van der Waals surface area contributed by atoms with Crippen LogP contribution >= 0.6 is 15.9 Å². The van der Waals surface area contributed by atoms with Crippen LogP contribution in [-0.2, 0) is 0 Å². The Morgan fingerprint density at radius 2 is 0.788 bits per heavy atom. The van der Waals surface area contributed by atoms with Gasteiger partial charge in [-0.25, -0.2) is 0 Å². The number of hydrogen-bond acceptors (Lipinski definition) is 0. The van der Waals surface area contributed by atoms with E-state index in [1.807, 2.05) is 0 Å². The highest BCUT2D eigenvalue weighted by atomic mass is 79.9. The van der Waals surface area contributed by atoms with E-state index < -0.39 is 0 Å². The van der Waals surface area contributed by atoms with Crippen LogP contribution < -0.4 is 0 Å². The summed E-state index contributed by atoms with van der Waals surface area (Å²) in [6.07, 6.45) is 0. The summed E-state index contributed by atoms with van der Waals surface area (Å²) in [6, 6.07) is 41.3. The minimum atomic E-state index is 1.10.